The number of carbonyl (C=O) groups is 1. The third-order valence-corrected chi connectivity index (χ3v) is 6.83. The van der Waals surface area contributed by atoms with Crippen LogP contribution in [0.4, 0.5) is 23.5 Å². The Morgan fingerprint density at radius 1 is 0.929 bits per heavy atom. The highest BCUT2D eigenvalue weighted by Gasteiger charge is 2.20. The van der Waals surface area contributed by atoms with Crippen molar-refractivity contribution < 1.29 is 19.4 Å². The maximum Gasteiger partial charge on any atom is 0.251 e. The van der Waals surface area contributed by atoms with E-state index in [0.717, 1.165) is 31.2 Å². The van der Waals surface area contributed by atoms with Gasteiger partial charge in [-0.25, -0.2) is 0 Å². The summed E-state index contributed by atoms with van der Waals surface area (Å²) in [5.41, 5.74) is 7.54. The fourth-order valence-corrected chi connectivity index (χ4v) is 4.50. The van der Waals surface area contributed by atoms with Gasteiger partial charge in [0.1, 0.15) is 0 Å². The van der Waals surface area contributed by atoms with Crippen molar-refractivity contribution in [3.8, 4) is 0 Å². The SMILES string of the molecule is NCCOCCOCCNC(=O)c1cccc(Nc2nc(NCc3ccc(Cl)cc3)nc(NC3CCC(O)CC3)n2)c1. The number of aliphatic hydroxyl groups excluding tert-OH is 1. The van der Waals surface area contributed by atoms with Gasteiger partial charge in [-0.2, -0.15) is 15.0 Å². The molecule has 1 amide bonds. The van der Waals surface area contributed by atoms with E-state index in [9.17, 15) is 9.90 Å². The number of hydrogen-bond acceptors (Lipinski definition) is 11. The van der Waals surface area contributed by atoms with Crippen molar-refractivity contribution in [3.63, 3.8) is 0 Å². The number of anilines is 4. The lowest BCUT2D eigenvalue weighted by Crippen LogP contribution is -2.29. The normalized spacial score (nSPS) is 16.5. The van der Waals surface area contributed by atoms with Crippen LogP contribution in [-0.2, 0) is 16.0 Å². The summed E-state index contributed by atoms with van der Waals surface area (Å²) in [5, 5.41) is 23.2. The first-order valence-electron chi connectivity index (χ1n) is 14.2. The Morgan fingerprint density at radius 2 is 1.64 bits per heavy atom. The second kappa shape index (κ2) is 16.8. The molecular weight excluding hydrogens is 560 g/mol. The molecule has 4 rings (SSSR count). The highest BCUT2D eigenvalue weighted by Crippen LogP contribution is 2.23. The number of amides is 1. The minimum absolute atomic E-state index is 0.155. The van der Waals surface area contributed by atoms with Crippen LogP contribution in [0, 0.1) is 0 Å². The Balaban J connectivity index is 1.38. The van der Waals surface area contributed by atoms with Crippen LogP contribution in [-0.4, -0.2) is 77.6 Å². The van der Waals surface area contributed by atoms with Gasteiger partial charge in [0.25, 0.3) is 5.91 Å². The lowest BCUT2D eigenvalue weighted by atomic mass is 9.93. The molecule has 0 saturated heterocycles. The van der Waals surface area contributed by atoms with Crippen molar-refractivity contribution in [3.05, 3.63) is 64.7 Å². The molecule has 1 saturated carbocycles. The molecule has 13 heteroatoms. The maximum atomic E-state index is 12.7. The number of halogens is 1. The summed E-state index contributed by atoms with van der Waals surface area (Å²) < 4.78 is 10.7. The van der Waals surface area contributed by atoms with Crippen molar-refractivity contribution in [1.82, 2.24) is 20.3 Å². The van der Waals surface area contributed by atoms with Gasteiger partial charge in [0.2, 0.25) is 17.8 Å². The molecule has 226 valence electrons. The van der Waals surface area contributed by atoms with Crippen molar-refractivity contribution in [1.29, 1.82) is 0 Å². The van der Waals surface area contributed by atoms with Crippen LogP contribution in [0.2, 0.25) is 5.02 Å². The van der Waals surface area contributed by atoms with Crippen LogP contribution in [0.1, 0.15) is 41.6 Å². The molecule has 1 heterocycles. The van der Waals surface area contributed by atoms with Gasteiger partial charge >= 0.3 is 0 Å². The number of carbonyl (C=O) groups excluding carboxylic acids is 1. The first-order valence-corrected chi connectivity index (χ1v) is 14.6. The number of aliphatic hydroxyl groups is 1. The van der Waals surface area contributed by atoms with E-state index in [0.29, 0.717) is 80.2 Å². The Hall–Kier alpha value is -3.55. The Kier molecular flexibility index (Phi) is 12.5. The summed E-state index contributed by atoms with van der Waals surface area (Å²) in [6.07, 6.45) is 2.87. The molecule has 42 heavy (non-hydrogen) atoms. The van der Waals surface area contributed by atoms with E-state index in [-0.39, 0.29) is 18.1 Å². The summed E-state index contributed by atoms with van der Waals surface area (Å²) in [6.45, 7) is 3.13. The first kappa shape index (κ1) is 31.4. The van der Waals surface area contributed by atoms with E-state index in [1.54, 1.807) is 18.2 Å². The second-order valence-corrected chi connectivity index (χ2v) is 10.3. The average Bonchev–Trinajstić information content (AvgIpc) is 2.99. The molecule has 0 bridgehead atoms. The summed E-state index contributed by atoms with van der Waals surface area (Å²) in [4.78, 5) is 26.4. The van der Waals surface area contributed by atoms with E-state index in [4.69, 9.17) is 26.8 Å². The van der Waals surface area contributed by atoms with Crippen molar-refractivity contribution >= 4 is 41.0 Å². The van der Waals surface area contributed by atoms with Gasteiger partial charge in [-0.05, 0) is 61.6 Å². The van der Waals surface area contributed by atoms with Crippen LogP contribution in [0.5, 0.6) is 0 Å². The zero-order valence-electron chi connectivity index (χ0n) is 23.5. The molecule has 0 atom stereocenters. The van der Waals surface area contributed by atoms with Crippen molar-refractivity contribution in [2.75, 3.05) is 55.5 Å². The molecule has 0 radical (unpaired) electrons. The summed E-state index contributed by atoms with van der Waals surface area (Å²) in [7, 11) is 0. The average molecular weight is 599 g/mol. The third-order valence-electron chi connectivity index (χ3n) is 6.58. The predicted molar refractivity (Wildman–Crippen MR) is 163 cm³/mol. The molecule has 3 aromatic rings. The van der Waals surface area contributed by atoms with Gasteiger partial charge in [-0.3, -0.25) is 4.79 Å². The quantitative estimate of drug-likeness (QED) is 0.134. The van der Waals surface area contributed by atoms with E-state index < -0.39 is 0 Å². The molecule has 0 spiro atoms. The second-order valence-electron chi connectivity index (χ2n) is 9.91. The monoisotopic (exact) mass is 598 g/mol. The largest absolute Gasteiger partial charge is 0.393 e. The molecule has 0 unspecified atom stereocenters. The highest BCUT2D eigenvalue weighted by molar-refractivity contribution is 6.30. The number of benzene rings is 2. The van der Waals surface area contributed by atoms with Gasteiger partial charge in [-0.1, -0.05) is 29.8 Å². The van der Waals surface area contributed by atoms with Crippen LogP contribution >= 0.6 is 11.6 Å². The molecule has 1 aliphatic rings. The first-order chi connectivity index (χ1) is 20.5. The zero-order valence-corrected chi connectivity index (χ0v) is 24.3. The molecule has 1 fully saturated rings. The molecular formula is C29H39ClN8O4. The molecule has 1 aromatic heterocycles. The highest BCUT2D eigenvalue weighted by atomic mass is 35.5. The number of nitrogens with zero attached hydrogens (tertiary/aromatic N) is 3. The molecule has 1 aliphatic carbocycles. The minimum Gasteiger partial charge on any atom is -0.393 e. The predicted octanol–water partition coefficient (Wildman–Crippen LogP) is 3.32. The number of rotatable bonds is 16. The van der Waals surface area contributed by atoms with Gasteiger partial charge in [0.05, 0.1) is 32.5 Å². The fraction of sp³-hybridized carbons (Fsp3) is 0.448. The van der Waals surface area contributed by atoms with Gasteiger partial charge in [0.15, 0.2) is 0 Å². The maximum absolute atomic E-state index is 12.7. The molecule has 2 aromatic carbocycles. The minimum atomic E-state index is -0.256. The topological polar surface area (TPSA) is 169 Å². The van der Waals surface area contributed by atoms with E-state index in [2.05, 4.69) is 36.2 Å². The molecule has 12 nitrogen and oxygen atoms in total. The van der Waals surface area contributed by atoms with Crippen molar-refractivity contribution in [2.45, 2.75) is 44.4 Å². The summed E-state index contributed by atoms with van der Waals surface area (Å²) in [5.74, 6) is 0.923. The number of nitrogens with two attached hydrogens (primary N) is 1. The summed E-state index contributed by atoms with van der Waals surface area (Å²) in [6, 6.07) is 14.8. The lowest BCUT2D eigenvalue weighted by molar-refractivity contribution is 0.0511. The van der Waals surface area contributed by atoms with Crippen LogP contribution in [0.25, 0.3) is 0 Å². The summed E-state index contributed by atoms with van der Waals surface area (Å²) >= 11 is 6.01. The lowest BCUT2D eigenvalue weighted by Gasteiger charge is -2.26. The Bertz CT molecular complexity index is 1260. The van der Waals surface area contributed by atoms with Crippen LogP contribution in [0.15, 0.2) is 48.5 Å². The van der Waals surface area contributed by atoms with E-state index in [1.165, 1.54) is 0 Å². The van der Waals surface area contributed by atoms with Crippen molar-refractivity contribution in [2.24, 2.45) is 5.73 Å². The zero-order chi connectivity index (χ0) is 29.6. The molecule has 7 N–H and O–H groups in total. The number of ether oxygens (including phenoxy) is 2. The third kappa shape index (κ3) is 10.7. The number of nitrogens with one attached hydrogen (secondary N) is 4. The van der Waals surface area contributed by atoms with Gasteiger partial charge < -0.3 is 41.6 Å². The Morgan fingerprint density at radius 3 is 2.40 bits per heavy atom. The number of aromatic nitrogens is 3. The van der Waals surface area contributed by atoms with Gasteiger partial charge in [-0.15, -0.1) is 0 Å². The van der Waals surface area contributed by atoms with E-state index in [1.807, 2.05) is 30.3 Å². The van der Waals surface area contributed by atoms with Gasteiger partial charge in [0, 0.05) is 41.9 Å². The molecule has 0 aliphatic heterocycles. The fourth-order valence-electron chi connectivity index (χ4n) is 4.37. The smallest absolute Gasteiger partial charge is 0.251 e. The van der Waals surface area contributed by atoms with Crippen LogP contribution < -0.4 is 27.0 Å². The number of hydrogen-bond donors (Lipinski definition) is 6. The standard InChI is InChI=1S/C29H39ClN8O4/c30-22-6-4-20(5-7-22)19-33-27-36-28(34-23-8-10-25(39)11-9-23)38-29(37-27)35-24-3-1-2-21(18-24)26(40)32-13-15-42-17-16-41-14-12-31/h1-7,18,23,25,39H,8-17,19,31H2,(H,32,40)(H3,33,34,35,36,37,38). The van der Waals surface area contributed by atoms with E-state index >= 15 is 0 Å². The van der Waals surface area contributed by atoms with Crippen LogP contribution in [0.3, 0.4) is 0 Å². The Labute approximate surface area is 250 Å².